The lowest BCUT2D eigenvalue weighted by Crippen LogP contribution is -2.66. The van der Waals surface area contributed by atoms with E-state index in [-0.39, 0.29) is 11.8 Å². The van der Waals surface area contributed by atoms with Crippen LogP contribution in [0.15, 0.2) is 0 Å². The summed E-state index contributed by atoms with van der Waals surface area (Å²) in [6.45, 7) is 6.59. The highest BCUT2D eigenvalue weighted by molar-refractivity contribution is 5.73. The van der Waals surface area contributed by atoms with Gasteiger partial charge >= 0.3 is 0 Å². The van der Waals surface area contributed by atoms with Crippen molar-refractivity contribution >= 4 is 11.8 Å². The first kappa shape index (κ1) is 28.7. The van der Waals surface area contributed by atoms with Crippen molar-refractivity contribution in [3.05, 3.63) is 0 Å². The van der Waals surface area contributed by atoms with Crippen molar-refractivity contribution in [2.45, 2.75) is 96.0 Å². The average Bonchev–Trinajstić information content (AvgIpc) is 2.67. The van der Waals surface area contributed by atoms with Gasteiger partial charge in [-0.2, -0.15) is 0 Å². The molecule has 1 aliphatic heterocycles. The van der Waals surface area contributed by atoms with Gasteiger partial charge in [-0.25, -0.2) is 0 Å². The third-order valence-electron chi connectivity index (χ3n) is 5.08. The van der Waals surface area contributed by atoms with Gasteiger partial charge in [0.2, 0.25) is 11.8 Å². The molecule has 0 aromatic carbocycles. The minimum Gasteiger partial charge on any atom is -0.394 e. The highest BCUT2D eigenvalue weighted by atomic mass is 16.7. The summed E-state index contributed by atoms with van der Waals surface area (Å²) in [5, 5.41) is 65.9. The summed E-state index contributed by atoms with van der Waals surface area (Å²) in [5.41, 5.74) is -0.342. The van der Waals surface area contributed by atoms with E-state index in [4.69, 9.17) is 9.47 Å². The first-order chi connectivity index (χ1) is 14.7. The summed E-state index contributed by atoms with van der Waals surface area (Å²) in [5.74, 6) is -1.01. The molecule has 0 spiro atoms. The Balaban J connectivity index is 3.25. The SMILES string of the molecule is CC(=O)N[C@H]1[C@H](O[C@@H]([C@H](O)[C@H](CC(C)(C)C)NC(C)=O)[C@H](O)CO)O[C@H](CO)[C@@H](O)[C@@H]1O. The molecule has 12 heteroatoms. The number of carbonyl (C=O) groups is 2. The van der Waals surface area contributed by atoms with Crippen molar-refractivity contribution in [3.8, 4) is 0 Å². The zero-order chi connectivity index (χ0) is 24.8. The highest BCUT2D eigenvalue weighted by Gasteiger charge is 2.48. The van der Waals surface area contributed by atoms with Crippen LogP contribution in [0.3, 0.4) is 0 Å². The molecule has 188 valence electrons. The summed E-state index contributed by atoms with van der Waals surface area (Å²) in [4.78, 5) is 23.3. The van der Waals surface area contributed by atoms with Crippen molar-refractivity contribution < 1.29 is 49.7 Å². The van der Waals surface area contributed by atoms with E-state index in [1.54, 1.807) is 0 Å². The number of hydrogen-bond acceptors (Lipinski definition) is 10. The summed E-state index contributed by atoms with van der Waals surface area (Å²) in [7, 11) is 0. The molecule has 12 nitrogen and oxygen atoms in total. The van der Waals surface area contributed by atoms with Gasteiger partial charge in [0.05, 0.1) is 19.3 Å². The van der Waals surface area contributed by atoms with Gasteiger partial charge in [0.15, 0.2) is 6.29 Å². The zero-order valence-electron chi connectivity index (χ0n) is 19.1. The highest BCUT2D eigenvalue weighted by Crippen LogP contribution is 2.28. The summed E-state index contributed by atoms with van der Waals surface area (Å²) < 4.78 is 11.2. The molecule has 9 atom stereocenters. The van der Waals surface area contributed by atoms with Crippen LogP contribution in [0.2, 0.25) is 0 Å². The summed E-state index contributed by atoms with van der Waals surface area (Å²) in [6.07, 6.45) is -10.3. The van der Waals surface area contributed by atoms with E-state index in [2.05, 4.69) is 10.6 Å². The van der Waals surface area contributed by atoms with Gasteiger partial charge in [-0.15, -0.1) is 0 Å². The second-order valence-electron chi connectivity index (χ2n) is 9.35. The van der Waals surface area contributed by atoms with Crippen LogP contribution < -0.4 is 10.6 Å². The van der Waals surface area contributed by atoms with E-state index in [0.717, 1.165) is 0 Å². The summed E-state index contributed by atoms with van der Waals surface area (Å²) >= 11 is 0. The molecule has 1 rings (SSSR count). The van der Waals surface area contributed by atoms with Crippen molar-refractivity contribution in [2.24, 2.45) is 5.41 Å². The number of ether oxygens (including phenoxy) is 2. The number of aliphatic hydroxyl groups excluding tert-OH is 6. The molecule has 0 unspecified atom stereocenters. The number of hydrogen-bond donors (Lipinski definition) is 8. The lowest BCUT2D eigenvalue weighted by Gasteiger charge is -2.44. The van der Waals surface area contributed by atoms with Crippen LogP contribution in [0.1, 0.15) is 41.0 Å². The van der Waals surface area contributed by atoms with Crippen LogP contribution in [-0.4, -0.2) is 111 Å². The van der Waals surface area contributed by atoms with Crippen LogP contribution in [-0.2, 0) is 19.1 Å². The molecule has 1 heterocycles. The second-order valence-corrected chi connectivity index (χ2v) is 9.35. The molecule has 2 amide bonds. The molecule has 0 aromatic rings. The Kier molecular flexibility index (Phi) is 10.9. The molecule has 32 heavy (non-hydrogen) atoms. The molecular weight excluding hydrogens is 428 g/mol. The van der Waals surface area contributed by atoms with Gasteiger partial charge in [0.25, 0.3) is 0 Å². The van der Waals surface area contributed by atoms with Crippen molar-refractivity contribution in [2.75, 3.05) is 13.2 Å². The Morgan fingerprint density at radius 1 is 1.06 bits per heavy atom. The Morgan fingerprint density at radius 3 is 2.09 bits per heavy atom. The first-order valence-corrected chi connectivity index (χ1v) is 10.5. The van der Waals surface area contributed by atoms with Gasteiger partial charge in [0, 0.05) is 13.8 Å². The standard InChI is InChI=1S/C20H38N2O10/c1-9(25)21-11(6-20(3,4)5)15(28)18(12(27)7-23)32-19-14(22-10(2)26)17(30)16(29)13(8-24)31-19/h11-19,23-24,27-30H,6-8H2,1-5H3,(H,21,25)(H,22,26)/t11-,12+,13+,14+,15+,16+,17+,18+,19-/m0/s1. The van der Waals surface area contributed by atoms with E-state index in [9.17, 15) is 40.2 Å². The fourth-order valence-corrected chi connectivity index (χ4v) is 3.65. The van der Waals surface area contributed by atoms with Gasteiger partial charge in [0.1, 0.15) is 42.7 Å². The maximum absolute atomic E-state index is 11.7. The van der Waals surface area contributed by atoms with E-state index in [0.29, 0.717) is 0 Å². The maximum atomic E-state index is 11.7. The maximum Gasteiger partial charge on any atom is 0.217 e. The van der Waals surface area contributed by atoms with Crippen LogP contribution >= 0.6 is 0 Å². The number of rotatable bonds is 10. The minimum absolute atomic E-state index is 0.285. The van der Waals surface area contributed by atoms with Crippen LogP contribution in [0.25, 0.3) is 0 Å². The molecule has 0 aliphatic carbocycles. The largest absolute Gasteiger partial charge is 0.394 e. The molecule has 0 bridgehead atoms. The third kappa shape index (κ3) is 8.19. The van der Waals surface area contributed by atoms with E-state index in [1.165, 1.54) is 13.8 Å². The molecule has 8 N–H and O–H groups in total. The fourth-order valence-electron chi connectivity index (χ4n) is 3.65. The molecular formula is C20H38N2O10. The van der Waals surface area contributed by atoms with Crippen molar-refractivity contribution in [1.82, 2.24) is 10.6 Å². The van der Waals surface area contributed by atoms with Gasteiger partial charge in [-0.05, 0) is 11.8 Å². The quantitative estimate of drug-likeness (QED) is 0.164. The topological polar surface area (TPSA) is 198 Å². The Labute approximate surface area is 187 Å². The minimum atomic E-state index is -1.63. The van der Waals surface area contributed by atoms with Gasteiger partial charge < -0.3 is 50.7 Å². The molecule has 0 aromatic heterocycles. The number of amides is 2. The Hall–Kier alpha value is -1.38. The fraction of sp³-hybridized carbons (Fsp3) is 0.900. The van der Waals surface area contributed by atoms with Crippen molar-refractivity contribution in [1.29, 1.82) is 0 Å². The molecule has 1 aliphatic rings. The van der Waals surface area contributed by atoms with E-state index < -0.39 is 80.0 Å². The lowest BCUT2D eigenvalue weighted by atomic mass is 9.84. The summed E-state index contributed by atoms with van der Waals surface area (Å²) in [6, 6.07) is -2.20. The zero-order valence-corrected chi connectivity index (χ0v) is 19.1. The predicted molar refractivity (Wildman–Crippen MR) is 111 cm³/mol. The van der Waals surface area contributed by atoms with Crippen LogP contribution in [0, 0.1) is 5.41 Å². The van der Waals surface area contributed by atoms with Crippen LogP contribution in [0.5, 0.6) is 0 Å². The number of aliphatic hydroxyl groups is 6. The number of carbonyl (C=O) groups excluding carboxylic acids is 2. The van der Waals surface area contributed by atoms with Crippen LogP contribution in [0.4, 0.5) is 0 Å². The van der Waals surface area contributed by atoms with Gasteiger partial charge in [-0.3, -0.25) is 9.59 Å². The average molecular weight is 467 g/mol. The molecule has 0 saturated carbocycles. The van der Waals surface area contributed by atoms with Crippen molar-refractivity contribution in [3.63, 3.8) is 0 Å². The molecule has 0 radical (unpaired) electrons. The second kappa shape index (κ2) is 12.2. The van der Waals surface area contributed by atoms with E-state index in [1.807, 2.05) is 20.8 Å². The lowest BCUT2D eigenvalue weighted by molar-refractivity contribution is -0.299. The number of nitrogens with one attached hydrogen (secondary N) is 2. The Bertz CT molecular complexity index is 614. The molecule has 1 fully saturated rings. The monoisotopic (exact) mass is 466 g/mol. The normalized spacial score (nSPS) is 30.2. The van der Waals surface area contributed by atoms with Gasteiger partial charge in [-0.1, -0.05) is 20.8 Å². The van der Waals surface area contributed by atoms with E-state index >= 15 is 0 Å². The third-order valence-corrected chi connectivity index (χ3v) is 5.08. The predicted octanol–water partition coefficient (Wildman–Crippen LogP) is -3.03. The first-order valence-electron chi connectivity index (χ1n) is 10.5. The Morgan fingerprint density at radius 2 is 1.66 bits per heavy atom. The smallest absolute Gasteiger partial charge is 0.217 e. The molecule has 1 saturated heterocycles.